The van der Waals surface area contributed by atoms with Crippen LogP contribution in [0.15, 0.2) is 47.9 Å². The smallest absolute Gasteiger partial charge is 0.195 e. The van der Waals surface area contributed by atoms with Gasteiger partial charge in [0.1, 0.15) is 0 Å². The molecule has 1 unspecified atom stereocenters. The van der Waals surface area contributed by atoms with Gasteiger partial charge in [0, 0.05) is 17.1 Å². The molecule has 3 nitrogen and oxygen atoms in total. The Kier molecular flexibility index (Phi) is 7.14. The van der Waals surface area contributed by atoms with Crippen LogP contribution in [0.2, 0.25) is 5.02 Å². The van der Waals surface area contributed by atoms with Crippen molar-refractivity contribution in [1.82, 2.24) is 4.98 Å². The van der Waals surface area contributed by atoms with E-state index in [9.17, 15) is 9.90 Å². The lowest BCUT2D eigenvalue weighted by Crippen LogP contribution is -2.08. The average Bonchev–Trinajstić information content (AvgIpc) is 2.65. The van der Waals surface area contributed by atoms with E-state index in [1.807, 2.05) is 26.0 Å². The Bertz CT molecular complexity index is 782. The van der Waals surface area contributed by atoms with E-state index < -0.39 is 6.10 Å². The highest BCUT2D eigenvalue weighted by Crippen LogP contribution is 2.18. The van der Waals surface area contributed by atoms with Crippen molar-refractivity contribution in [2.75, 3.05) is 0 Å². The summed E-state index contributed by atoms with van der Waals surface area (Å²) in [6.07, 6.45) is 3.42. The Morgan fingerprint density at radius 3 is 2.65 bits per heavy atom. The minimum Gasteiger partial charge on any atom is -0.389 e. The zero-order valence-corrected chi connectivity index (χ0v) is 14.5. The molecule has 122 valence electrons. The largest absolute Gasteiger partial charge is 0.389 e. The Morgan fingerprint density at radius 1 is 1.43 bits per heavy atom. The van der Waals surface area contributed by atoms with E-state index >= 15 is 0 Å². The number of hydrogen-bond acceptors (Lipinski definition) is 3. The molecule has 1 atom stereocenters. The van der Waals surface area contributed by atoms with Crippen molar-refractivity contribution in [3.05, 3.63) is 69.5 Å². The topological polar surface area (TPSA) is 50.2 Å². The molecular weight excluding hydrogens is 310 g/mol. The number of rotatable bonds is 3. The Balaban J connectivity index is 0.00000127. The van der Waals surface area contributed by atoms with Crippen molar-refractivity contribution in [2.45, 2.75) is 33.3 Å². The fourth-order valence-electron chi connectivity index (χ4n) is 2.27. The van der Waals surface area contributed by atoms with E-state index in [-0.39, 0.29) is 5.43 Å². The number of pyridine rings is 1. The summed E-state index contributed by atoms with van der Waals surface area (Å²) in [5, 5.41) is 10.7. The van der Waals surface area contributed by atoms with Crippen molar-refractivity contribution in [3.63, 3.8) is 0 Å². The first-order valence-corrected chi connectivity index (χ1v) is 7.79. The fraction of sp³-hybridized carbons (Fsp3) is 0.263. The van der Waals surface area contributed by atoms with E-state index in [0.29, 0.717) is 27.9 Å². The van der Waals surface area contributed by atoms with Crippen LogP contribution in [-0.4, -0.2) is 16.2 Å². The predicted molar refractivity (Wildman–Crippen MR) is 99.0 cm³/mol. The van der Waals surface area contributed by atoms with Crippen LogP contribution in [0.3, 0.4) is 0 Å². The number of aryl methyl sites for hydroxylation is 1. The molecule has 1 N–H and O–H groups in total. The number of nitrogens with zero attached hydrogens (tertiary/aromatic N) is 1. The van der Waals surface area contributed by atoms with Gasteiger partial charge in [-0.05, 0) is 49.6 Å². The van der Waals surface area contributed by atoms with E-state index in [4.69, 9.17) is 11.6 Å². The number of hydrogen-bond donors (Lipinski definition) is 1. The van der Waals surface area contributed by atoms with Crippen LogP contribution < -0.4 is 5.43 Å². The quantitative estimate of drug-likeness (QED) is 0.840. The normalized spacial score (nSPS) is 12.5. The highest BCUT2D eigenvalue weighted by Gasteiger charge is 2.09. The number of aromatic nitrogens is 1. The molecule has 0 fully saturated rings. The van der Waals surface area contributed by atoms with Crippen LogP contribution in [0.4, 0.5) is 0 Å². The monoisotopic (exact) mass is 331 g/mol. The molecule has 1 heterocycles. The van der Waals surface area contributed by atoms with Gasteiger partial charge in [0.2, 0.25) is 0 Å². The van der Waals surface area contributed by atoms with Crippen molar-refractivity contribution >= 4 is 28.6 Å². The standard InChI is InChI=1S/C17H18ClNO2.C2H4/c1-4-12(11(3)20)7-14-10(2)5-6-16-15(17(14)21)8-13(18)9-19-16;1-2/h5-9,11,20H,4H2,1-3H3;1-2H2/b12-7+;. The van der Waals surface area contributed by atoms with E-state index in [2.05, 4.69) is 18.1 Å². The van der Waals surface area contributed by atoms with Gasteiger partial charge in [0.05, 0.1) is 16.6 Å². The Morgan fingerprint density at radius 2 is 2.09 bits per heavy atom. The molecule has 0 saturated carbocycles. The number of halogens is 1. The second kappa shape index (κ2) is 8.61. The molecule has 1 aromatic carbocycles. The van der Waals surface area contributed by atoms with Crippen molar-refractivity contribution < 1.29 is 5.11 Å². The Labute approximate surface area is 142 Å². The third-order valence-corrected chi connectivity index (χ3v) is 3.77. The van der Waals surface area contributed by atoms with Gasteiger partial charge in [-0.2, -0.15) is 0 Å². The molecule has 0 aliphatic carbocycles. The molecule has 0 spiro atoms. The first-order chi connectivity index (χ1) is 10.9. The average molecular weight is 332 g/mol. The van der Waals surface area contributed by atoms with Crippen molar-refractivity contribution in [3.8, 4) is 0 Å². The molecule has 0 aliphatic heterocycles. The second-order valence-corrected chi connectivity index (χ2v) is 5.53. The summed E-state index contributed by atoms with van der Waals surface area (Å²) in [5.41, 5.74) is 2.74. The lowest BCUT2D eigenvalue weighted by Gasteiger charge is -2.08. The molecule has 23 heavy (non-hydrogen) atoms. The van der Waals surface area contributed by atoms with Gasteiger partial charge in [-0.1, -0.05) is 24.6 Å². The van der Waals surface area contributed by atoms with Crippen molar-refractivity contribution in [1.29, 1.82) is 0 Å². The molecule has 0 saturated heterocycles. The molecule has 1 aromatic heterocycles. The maximum Gasteiger partial charge on any atom is 0.195 e. The zero-order chi connectivity index (χ0) is 17.6. The summed E-state index contributed by atoms with van der Waals surface area (Å²) in [4.78, 5) is 16.9. The number of fused-ring (bicyclic) bond motifs is 1. The van der Waals surface area contributed by atoms with E-state index in [1.165, 1.54) is 6.20 Å². The summed E-state index contributed by atoms with van der Waals surface area (Å²) in [6, 6.07) is 5.32. The molecule has 0 bridgehead atoms. The maximum atomic E-state index is 12.8. The zero-order valence-electron chi connectivity index (χ0n) is 13.8. The summed E-state index contributed by atoms with van der Waals surface area (Å²) in [6.45, 7) is 11.5. The minimum atomic E-state index is -0.577. The summed E-state index contributed by atoms with van der Waals surface area (Å²) >= 11 is 5.95. The third kappa shape index (κ3) is 4.50. The maximum absolute atomic E-state index is 12.8. The van der Waals surface area contributed by atoms with Crippen LogP contribution in [-0.2, 0) is 0 Å². The van der Waals surface area contributed by atoms with Gasteiger partial charge >= 0.3 is 0 Å². The molecule has 0 aliphatic rings. The highest BCUT2D eigenvalue weighted by atomic mass is 35.5. The molecule has 2 rings (SSSR count). The van der Waals surface area contributed by atoms with Gasteiger partial charge in [-0.25, -0.2) is 0 Å². The van der Waals surface area contributed by atoms with Crippen LogP contribution in [0, 0.1) is 6.92 Å². The predicted octanol–water partition coefficient (Wildman–Crippen LogP) is 4.53. The lowest BCUT2D eigenvalue weighted by atomic mass is 10.0. The number of aliphatic hydroxyl groups excluding tert-OH is 1. The first-order valence-electron chi connectivity index (χ1n) is 7.41. The summed E-state index contributed by atoms with van der Waals surface area (Å²) in [7, 11) is 0. The van der Waals surface area contributed by atoms with Crippen LogP contribution in [0.25, 0.3) is 17.0 Å². The summed E-state index contributed by atoms with van der Waals surface area (Å²) in [5.74, 6) is 0. The molecular formula is C19H22ClNO2. The third-order valence-electron chi connectivity index (χ3n) is 3.57. The molecule has 4 heteroatoms. The first kappa shape index (κ1) is 19.1. The van der Waals surface area contributed by atoms with Gasteiger partial charge in [-0.15, -0.1) is 13.2 Å². The number of aliphatic hydroxyl groups is 1. The van der Waals surface area contributed by atoms with Crippen LogP contribution >= 0.6 is 11.6 Å². The van der Waals surface area contributed by atoms with E-state index in [0.717, 1.165) is 11.1 Å². The van der Waals surface area contributed by atoms with Gasteiger partial charge in [0.15, 0.2) is 5.43 Å². The highest BCUT2D eigenvalue weighted by molar-refractivity contribution is 6.31. The fourth-order valence-corrected chi connectivity index (χ4v) is 2.42. The minimum absolute atomic E-state index is 0.117. The lowest BCUT2D eigenvalue weighted by molar-refractivity contribution is 0.229. The van der Waals surface area contributed by atoms with Crippen LogP contribution in [0.1, 0.15) is 31.4 Å². The van der Waals surface area contributed by atoms with Crippen LogP contribution in [0.5, 0.6) is 0 Å². The van der Waals surface area contributed by atoms with Crippen molar-refractivity contribution in [2.24, 2.45) is 0 Å². The molecule has 0 amide bonds. The van der Waals surface area contributed by atoms with Gasteiger partial charge < -0.3 is 5.11 Å². The van der Waals surface area contributed by atoms with Gasteiger partial charge in [-0.3, -0.25) is 9.78 Å². The van der Waals surface area contributed by atoms with Gasteiger partial charge in [0.25, 0.3) is 0 Å². The van der Waals surface area contributed by atoms with E-state index in [1.54, 1.807) is 19.1 Å². The summed E-state index contributed by atoms with van der Waals surface area (Å²) < 4.78 is 0. The molecule has 2 aromatic rings. The SMILES string of the molecule is C=C.CC/C(=C\c1c(C)ccc2ncc(Cl)cc2c1=O)C(C)O. The molecule has 0 radical (unpaired) electrons. The second-order valence-electron chi connectivity index (χ2n) is 5.09. The Hall–Kier alpha value is -1.97.